The van der Waals surface area contributed by atoms with E-state index in [-0.39, 0.29) is 0 Å². The van der Waals surface area contributed by atoms with Crippen LogP contribution in [0.4, 0.5) is 0 Å². The Morgan fingerprint density at radius 3 is 2.67 bits per heavy atom. The maximum Gasteiger partial charge on any atom is 0.0712 e. The van der Waals surface area contributed by atoms with E-state index in [9.17, 15) is 0 Å². The van der Waals surface area contributed by atoms with Gasteiger partial charge in [-0.2, -0.15) is 0 Å². The van der Waals surface area contributed by atoms with Gasteiger partial charge in [0, 0.05) is 51.9 Å². The summed E-state index contributed by atoms with van der Waals surface area (Å²) < 4.78 is 5.75. The van der Waals surface area contributed by atoms with Crippen molar-refractivity contribution in [2.24, 2.45) is 0 Å². The first-order chi connectivity index (χ1) is 8.79. The van der Waals surface area contributed by atoms with Crippen molar-refractivity contribution in [2.45, 2.75) is 38.8 Å². The number of morpholine rings is 1. The maximum absolute atomic E-state index is 5.75. The van der Waals surface area contributed by atoms with Crippen molar-refractivity contribution in [1.82, 2.24) is 15.1 Å². The summed E-state index contributed by atoms with van der Waals surface area (Å²) >= 11 is 0. The molecule has 0 saturated carbocycles. The summed E-state index contributed by atoms with van der Waals surface area (Å²) in [6.45, 7) is 13.7. The zero-order valence-electron chi connectivity index (χ0n) is 12.0. The lowest BCUT2D eigenvalue weighted by molar-refractivity contribution is 0.0123. The van der Waals surface area contributed by atoms with Crippen LogP contribution in [0.25, 0.3) is 0 Å². The minimum atomic E-state index is 0.436. The second-order valence-corrected chi connectivity index (χ2v) is 5.62. The van der Waals surface area contributed by atoms with Crippen LogP contribution in [0.2, 0.25) is 0 Å². The van der Waals surface area contributed by atoms with Gasteiger partial charge in [0.1, 0.15) is 0 Å². The van der Waals surface area contributed by atoms with Crippen molar-refractivity contribution < 1.29 is 4.74 Å². The first-order valence-electron chi connectivity index (χ1n) is 7.58. The fourth-order valence-electron chi connectivity index (χ4n) is 2.82. The van der Waals surface area contributed by atoms with E-state index in [1.54, 1.807) is 0 Å². The van der Waals surface area contributed by atoms with Crippen LogP contribution in [-0.4, -0.2) is 74.4 Å². The Kier molecular flexibility index (Phi) is 5.89. The van der Waals surface area contributed by atoms with E-state index >= 15 is 0 Å². The fraction of sp³-hybridized carbons (Fsp3) is 1.00. The van der Waals surface area contributed by atoms with Crippen LogP contribution < -0.4 is 5.32 Å². The Morgan fingerprint density at radius 1 is 1.28 bits per heavy atom. The SMILES string of the molecule is CCC(C)N1CCN(CCC2CNCCO2)CC1. The lowest BCUT2D eigenvalue weighted by Gasteiger charge is -2.38. The summed E-state index contributed by atoms with van der Waals surface area (Å²) in [4.78, 5) is 5.21. The molecule has 4 heteroatoms. The van der Waals surface area contributed by atoms with Crippen molar-refractivity contribution >= 4 is 0 Å². The summed E-state index contributed by atoms with van der Waals surface area (Å²) in [6, 6.07) is 0.748. The minimum Gasteiger partial charge on any atom is -0.376 e. The van der Waals surface area contributed by atoms with Crippen LogP contribution in [0.15, 0.2) is 0 Å². The van der Waals surface area contributed by atoms with Crippen molar-refractivity contribution in [1.29, 1.82) is 0 Å². The fourth-order valence-corrected chi connectivity index (χ4v) is 2.82. The molecule has 0 aromatic rings. The molecule has 2 aliphatic rings. The molecule has 2 aliphatic heterocycles. The van der Waals surface area contributed by atoms with Gasteiger partial charge >= 0.3 is 0 Å². The largest absolute Gasteiger partial charge is 0.376 e. The molecular weight excluding hydrogens is 226 g/mol. The standard InChI is InChI=1S/C14H29N3O/c1-3-13(2)17-9-7-16(8-10-17)6-4-14-12-15-5-11-18-14/h13-15H,3-12H2,1-2H3. The molecule has 2 atom stereocenters. The van der Waals surface area contributed by atoms with E-state index in [1.165, 1.54) is 45.6 Å². The molecule has 0 radical (unpaired) electrons. The molecule has 2 saturated heterocycles. The van der Waals surface area contributed by atoms with Crippen molar-refractivity contribution in [2.75, 3.05) is 52.4 Å². The zero-order valence-corrected chi connectivity index (χ0v) is 12.0. The third kappa shape index (κ3) is 4.19. The third-order valence-electron chi connectivity index (χ3n) is 4.39. The topological polar surface area (TPSA) is 27.7 Å². The minimum absolute atomic E-state index is 0.436. The number of nitrogens with zero attached hydrogens (tertiary/aromatic N) is 2. The number of ether oxygens (including phenoxy) is 1. The Labute approximate surface area is 112 Å². The molecule has 1 N–H and O–H groups in total. The van der Waals surface area contributed by atoms with Crippen LogP contribution in [-0.2, 0) is 4.74 Å². The lowest BCUT2D eigenvalue weighted by Crippen LogP contribution is -2.50. The highest BCUT2D eigenvalue weighted by Gasteiger charge is 2.21. The number of hydrogen-bond donors (Lipinski definition) is 1. The van der Waals surface area contributed by atoms with E-state index in [1.807, 2.05) is 0 Å². The van der Waals surface area contributed by atoms with Gasteiger partial charge in [0.05, 0.1) is 12.7 Å². The van der Waals surface area contributed by atoms with Gasteiger partial charge in [-0.15, -0.1) is 0 Å². The Morgan fingerprint density at radius 2 is 2.06 bits per heavy atom. The molecule has 0 aromatic carbocycles. The van der Waals surface area contributed by atoms with Crippen LogP contribution in [0, 0.1) is 0 Å². The van der Waals surface area contributed by atoms with Crippen molar-refractivity contribution in [3.63, 3.8) is 0 Å². The number of rotatable bonds is 5. The molecule has 0 amide bonds. The quantitative estimate of drug-likeness (QED) is 0.786. The molecule has 0 bridgehead atoms. The van der Waals surface area contributed by atoms with Gasteiger partial charge in [-0.25, -0.2) is 0 Å². The van der Waals surface area contributed by atoms with E-state index in [0.29, 0.717) is 6.10 Å². The zero-order chi connectivity index (χ0) is 12.8. The summed E-state index contributed by atoms with van der Waals surface area (Å²) in [6.07, 6.45) is 2.88. The molecule has 2 unspecified atom stereocenters. The Balaban J connectivity index is 1.61. The van der Waals surface area contributed by atoms with E-state index in [2.05, 4.69) is 29.0 Å². The average molecular weight is 255 g/mol. The van der Waals surface area contributed by atoms with E-state index in [4.69, 9.17) is 4.74 Å². The van der Waals surface area contributed by atoms with Crippen molar-refractivity contribution in [3.8, 4) is 0 Å². The monoisotopic (exact) mass is 255 g/mol. The van der Waals surface area contributed by atoms with E-state index in [0.717, 1.165) is 25.7 Å². The molecule has 106 valence electrons. The summed E-state index contributed by atoms with van der Waals surface area (Å²) in [7, 11) is 0. The van der Waals surface area contributed by atoms with Crippen molar-refractivity contribution in [3.05, 3.63) is 0 Å². The summed E-state index contributed by atoms with van der Waals surface area (Å²) in [5, 5.41) is 3.40. The number of hydrogen-bond acceptors (Lipinski definition) is 4. The van der Waals surface area contributed by atoms with Gasteiger partial charge in [-0.1, -0.05) is 6.92 Å². The lowest BCUT2D eigenvalue weighted by atomic mass is 10.1. The highest BCUT2D eigenvalue weighted by molar-refractivity contribution is 4.77. The van der Waals surface area contributed by atoms with Crippen LogP contribution in [0.5, 0.6) is 0 Å². The molecule has 4 nitrogen and oxygen atoms in total. The predicted octanol–water partition coefficient (Wildman–Crippen LogP) is 0.781. The Bertz CT molecular complexity index is 223. The van der Waals surface area contributed by atoms with Gasteiger partial charge in [0.15, 0.2) is 0 Å². The van der Waals surface area contributed by atoms with Gasteiger partial charge in [-0.05, 0) is 19.8 Å². The summed E-state index contributed by atoms with van der Waals surface area (Å²) in [5.74, 6) is 0. The first-order valence-corrected chi connectivity index (χ1v) is 7.58. The molecular formula is C14H29N3O. The van der Waals surface area contributed by atoms with E-state index < -0.39 is 0 Å². The second kappa shape index (κ2) is 7.43. The van der Waals surface area contributed by atoms with Gasteiger partial charge in [0.2, 0.25) is 0 Å². The maximum atomic E-state index is 5.75. The predicted molar refractivity (Wildman–Crippen MR) is 75.0 cm³/mol. The number of piperazine rings is 1. The highest BCUT2D eigenvalue weighted by atomic mass is 16.5. The normalized spacial score (nSPS) is 29.3. The van der Waals surface area contributed by atoms with Gasteiger partial charge in [0.25, 0.3) is 0 Å². The van der Waals surface area contributed by atoms with Gasteiger partial charge in [-0.3, -0.25) is 4.90 Å². The Hall–Kier alpha value is -0.160. The molecule has 0 aromatic heterocycles. The third-order valence-corrected chi connectivity index (χ3v) is 4.39. The summed E-state index contributed by atoms with van der Waals surface area (Å²) in [5.41, 5.74) is 0. The first kappa shape index (κ1) is 14.3. The smallest absolute Gasteiger partial charge is 0.0712 e. The van der Waals surface area contributed by atoms with Gasteiger partial charge < -0.3 is 15.0 Å². The van der Waals surface area contributed by atoms with Crippen LogP contribution >= 0.6 is 0 Å². The molecule has 2 rings (SSSR count). The average Bonchev–Trinajstić information content (AvgIpc) is 2.46. The second-order valence-electron chi connectivity index (χ2n) is 5.62. The molecule has 2 fully saturated rings. The van der Waals surface area contributed by atoms with Crippen LogP contribution in [0.1, 0.15) is 26.7 Å². The highest BCUT2D eigenvalue weighted by Crippen LogP contribution is 2.10. The molecule has 0 aliphatic carbocycles. The van der Waals surface area contributed by atoms with Crippen LogP contribution in [0.3, 0.4) is 0 Å². The molecule has 0 spiro atoms. The molecule has 18 heavy (non-hydrogen) atoms. The number of nitrogens with one attached hydrogen (secondary N) is 1. The molecule has 2 heterocycles.